The van der Waals surface area contributed by atoms with Gasteiger partial charge in [0.2, 0.25) is 0 Å². The van der Waals surface area contributed by atoms with Crippen LogP contribution in [0.2, 0.25) is 0 Å². The van der Waals surface area contributed by atoms with Crippen LogP contribution in [0.1, 0.15) is 76.5 Å². The topological polar surface area (TPSA) is 120 Å². The molecule has 0 spiro atoms. The molecule has 0 amide bonds. The zero-order valence-electron chi connectivity index (χ0n) is 32.3. The molecule has 0 bridgehead atoms. The lowest BCUT2D eigenvalue weighted by atomic mass is 9.82. The maximum Gasteiger partial charge on any atom is 0.196 e. The molecule has 0 radical (unpaired) electrons. The van der Waals surface area contributed by atoms with Gasteiger partial charge in [0.15, 0.2) is 23.1 Å². The first-order chi connectivity index (χ1) is 26.6. The standard InChI is InChI=1S/C43H50N6O4S2/c1-44-32-16-18-34(38-36(32)40(50)28-12-6-8-14-30(28)42(38)52)46-20-10-22-48(3)23-26-54-55-27-25-49(4,5)24-11-21-47-35-19-17-33(45-2)37-39(35)43(53)31-15-9-7-13-29(31)41(37)51/h6-9,12-19H,10-11,20-27H2,1-5H3,(H3-,44,45,46,47,50,51,52,53)/p+1. The van der Waals surface area contributed by atoms with E-state index in [0.29, 0.717) is 80.3 Å². The average Bonchev–Trinajstić information content (AvgIpc) is 3.20. The Labute approximate surface area is 332 Å². The molecule has 0 saturated heterocycles. The molecule has 12 heteroatoms. The second-order valence-corrected chi connectivity index (χ2v) is 17.3. The van der Waals surface area contributed by atoms with Crippen LogP contribution in [0, 0.1) is 0 Å². The summed E-state index contributed by atoms with van der Waals surface area (Å²) in [6, 6.07) is 21.6. The van der Waals surface area contributed by atoms with Crippen LogP contribution in [0.15, 0.2) is 72.8 Å². The van der Waals surface area contributed by atoms with E-state index in [2.05, 4.69) is 47.3 Å². The van der Waals surface area contributed by atoms with Crippen LogP contribution < -0.4 is 21.3 Å². The van der Waals surface area contributed by atoms with E-state index in [9.17, 15) is 19.2 Å². The Kier molecular flexibility index (Phi) is 13.0. The number of hydrogen-bond donors (Lipinski definition) is 4. The van der Waals surface area contributed by atoms with Gasteiger partial charge in [0.25, 0.3) is 0 Å². The highest BCUT2D eigenvalue weighted by molar-refractivity contribution is 8.76. The zero-order chi connectivity index (χ0) is 39.1. The van der Waals surface area contributed by atoms with Crippen molar-refractivity contribution in [3.05, 3.63) is 117 Å². The molecule has 4 aromatic rings. The van der Waals surface area contributed by atoms with Gasteiger partial charge in [-0.15, -0.1) is 0 Å². The van der Waals surface area contributed by atoms with Gasteiger partial charge < -0.3 is 30.7 Å². The van der Waals surface area contributed by atoms with Crippen LogP contribution >= 0.6 is 21.6 Å². The Balaban J connectivity index is 0.878. The summed E-state index contributed by atoms with van der Waals surface area (Å²) in [6.45, 7) is 5.34. The summed E-state index contributed by atoms with van der Waals surface area (Å²) in [5, 5.41) is 13.1. The van der Waals surface area contributed by atoms with Crippen LogP contribution in [-0.2, 0) is 0 Å². The summed E-state index contributed by atoms with van der Waals surface area (Å²) in [5.41, 5.74) is 6.36. The van der Waals surface area contributed by atoms with E-state index in [4.69, 9.17) is 0 Å². The van der Waals surface area contributed by atoms with Gasteiger partial charge in [-0.3, -0.25) is 19.2 Å². The van der Waals surface area contributed by atoms with E-state index in [1.165, 1.54) is 0 Å². The largest absolute Gasteiger partial charge is 0.388 e. The van der Waals surface area contributed by atoms with Gasteiger partial charge in [-0.2, -0.15) is 0 Å². The van der Waals surface area contributed by atoms with Crippen molar-refractivity contribution in [2.24, 2.45) is 0 Å². The van der Waals surface area contributed by atoms with E-state index in [1.54, 1.807) is 62.6 Å². The molecule has 288 valence electrons. The number of nitrogens with one attached hydrogen (secondary N) is 4. The fraction of sp³-hybridized carbons (Fsp3) is 0.349. The molecular formula is C43H51N6O4S2+. The number of carbonyl (C=O) groups excluding carboxylic acids is 4. The van der Waals surface area contributed by atoms with Crippen molar-refractivity contribution >= 4 is 67.5 Å². The van der Waals surface area contributed by atoms with E-state index in [-0.39, 0.29) is 23.1 Å². The Hall–Kier alpha value is -4.62. The molecule has 0 fully saturated rings. The summed E-state index contributed by atoms with van der Waals surface area (Å²) in [5.74, 6) is 1.60. The molecule has 2 aliphatic carbocycles. The van der Waals surface area contributed by atoms with E-state index in [0.717, 1.165) is 55.0 Å². The lowest BCUT2D eigenvalue weighted by molar-refractivity contribution is -0.887. The van der Waals surface area contributed by atoms with Crippen LogP contribution in [0.25, 0.3) is 0 Å². The number of rotatable bonds is 19. The molecule has 0 unspecified atom stereocenters. The van der Waals surface area contributed by atoms with Crippen molar-refractivity contribution in [3.63, 3.8) is 0 Å². The van der Waals surface area contributed by atoms with E-state index in [1.807, 2.05) is 45.9 Å². The highest BCUT2D eigenvalue weighted by Crippen LogP contribution is 2.38. The number of quaternary nitrogens is 1. The quantitative estimate of drug-likeness (QED) is 0.0386. The van der Waals surface area contributed by atoms with Crippen LogP contribution in [0.3, 0.4) is 0 Å². The SMILES string of the molecule is CNc1ccc(NCCCN(C)CCSSCC[N+](C)(C)CCCNc2ccc(NC)c3c2C(=O)c2ccccc2C3=O)c2c1C(=O)c1ccccc1C2=O. The first kappa shape index (κ1) is 40.1. The Morgan fingerprint density at radius 1 is 0.527 bits per heavy atom. The summed E-state index contributed by atoms with van der Waals surface area (Å²) >= 11 is 0. The highest BCUT2D eigenvalue weighted by atomic mass is 33.1. The van der Waals surface area contributed by atoms with E-state index < -0.39 is 0 Å². The molecule has 6 rings (SSSR count). The molecule has 0 saturated carbocycles. The van der Waals surface area contributed by atoms with Crippen molar-refractivity contribution in [1.29, 1.82) is 0 Å². The van der Waals surface area contributed by atoms with Gasteiger partial charge in [0.1, 0.15) is 0 Å². The molecule has 10 nitrogen and oxygen atoms in total. The van der Waals surface area contributed by atoms with Crippen molar-refractivity contribution in [2.75, 3.05) is 107 Å². The summed E-state index contributed by atoms with van der Waals surface area (Å²) in [6.07, 6.45) is 1.83. The average molecular weight is 780 g/mol. The third-order valence-electron chi connectivity index (χ3n) is 10.4. The highest BCUT2D eigenvalue weighted by Gasteiger charge is 2.35. The van der Waals surface area contributed by atoms with Gasteiger partial charge in [-0.1, -0.05) is 70.1 Å². The fourth-order valence-corrected chi connectivity index (χ4v) is 9.62. The predicted octanol–water partition coefficient (Wildman–Crippen LogP) is 7.01. The van der Waals surface area contributed by atoms with Crippen molar-refractivity contribution in [3.8, 4) is 0 Å². The Morgan fingerprint density at radius 3 is 1.38 bits per heavy atom. The van der Waals surface area contributed by atoms with Crippen molar-refractivity contribution in [1.82, 2.24) is 4.90 Å². The second-order valence-electron chi connectivity index (χ2n) is 14.6. The predicted molar refractivity (Wildman–Crippen MR) is 229 cm³/mol. The maximum absolute atomic E-state index is 13.5. The Morgan fingerprint density at radius 2 is 0.927 bits per heavy atom. The van der Waals surface area contributed by atoms with Gasteiger partial charge in [0, 0.05) is 90.9 Å². The second kappa shape index (κ2) is 17.9. The van der Waals surface area contributed by atoms with Crippen molar-refractivity contribution in [2.45, 2.75) is 12.8 Å². The zero-order valence-corrected chi connectivity index (χ0v) is 34.0. The van der Waals surface area contributed by atoms with Crippen LogP contribution in [-0.4, -0.2) is 119 Å². The lowest BCUT2D eigenvalue weighted by Crippen LogP contribution is -2.42. The third kappa shape index (κ3) is 8.78. The third-order valence-corrected chi connectivity index (χ3v) is 12.8. The maximum atomic E-state index is 13.5. The van der Waals surface area contributed by atoms with E-state index >= 15 is 0 Å². The number of fused-ring (bicyclic) bond motifs is 4. The van der Waals surface area contributed by atoms with Gasteiger partial charge >= 0.3 is 0 Å². The number of nitrogens with zero attached hydrogens (tertiary/aromatic N) is 2. The molecule has 2 aliphatic rings. The molecule has 0 aliphatic heterocycles. The fourth-order valence-electron chi connectivity index (χ4n) is 7.28. The number of benzene rings is 4. The normalized spacial score (nSPS) is 13.3. The summed E-state index contributed by atoms with van der Waals surface area (Å²) < 4.78 is 0.900. The molecule has 0 aromatic heterocycles. The molecule has 4 aromatic carbocycles. The molecular weight excluding hydrogens is 729 g/mol. The van der Waals surface area contributed by atoms with Gasteiger partial charge in [0.05, 0.1) is 55.2 Å². The molecule has 55 heavy (non-hydrogen) atoms. The minimum absolute atomic E-state index is 0.117. The first-order valence-corrected chi connectivity index (χ1v) is 21.3. The first-order valence-electron chi connectivity index (χ1n) is 18.9. The number of hydrogen-bond acceptors (Lipinski definition) is 11. The molecule has 4 N–H and O–H groups in total. The number of anilines is 4. The summed E-state index contributed by atoms with van der Waals surface area (Å²) in [4.78, 5) is 56.1. The molecule has 0 heterocycles. The minimum Gasteiger partial charge on any atom is -0.388 e. The number of ketones is 4. The van der Waals surface area contributed by atoms with Crippen LogP contribution in [0.4, 0.5) is 22.7 Å². The summed E-state index contributed by atoms with van der Waals surface area (Å²) in [7, 11) is 14.0. The minimum atomic E-state index is -0.124. The molecule has 0 atom stereocenters. The van der Waals surface area contributed by atoms with Crippen LogP contribution in [0.5, 0.6) is 0 Å². The monoisotopic (exact) mass is 779 g/mol. The van der Waals surface area contributed by atoms with Gasteiger partial charge in [-0.05, 0) is 44.3 Å². The Bertz CT molecular complexity index is 2100. The van der Waals surface area contributed by atoms with Crippen molar-refractivity contribution < 1.29 is 23.7 Å². The smallest absolute Gasteiger partial charge is 0.196 e. The van der Waals surface area contributed by atoms with Gasteiger partial charge in [-0.25, -0.2) is 0 Å². The number of carbonyl (C=O) groups is 4. The lowest BCUT2D eigenvalue weighted by Gasteiger charge is -2.30.